The number of piperidine rings is 1. The average molecular weight is 285 g/mol. The van der Waals surface area contributed by atoms with Gasteiger partial charge in [-0.3, -0.25) is 4.79 Å². The van der Waals surface area contributed by atoms with Crippen LogP contribution in [0, 0.1) is 18.8 Å². The van der Waals surface area contributed by atoms with Crippen molar-refractivity contribution in [3.05, 3.63) is 34.9 Å². The van der Waals surface area contributed by atoms with Gasteiger partial charge < -0.3 is 16.0 Å². The third-order valence-electron chi connectivity index (χ3n) is 3.87. The van der Waals surface area contributed by atoms with Gasteiger partial charge in [0.05, 0.1) is 6.54 Å². The minimum atomic E-state index is -0.00143. The Morgan fingerprint density at radius 2 is 2.14 bits per heavy atom. The van der Waals surface area contributed by atoms with E-state index in [1.807, 2.05) is 25.1 Å². The molecule has 3 N–H and O–H groups in total. The van der Waals surface area contributed by atoms with Gasteiger partial charge >= 0.3 is 0 Å². The fourth-order valence-corrected chi connectivity index (χ4v) is 2.51. The Bertz CT molecular complexity index is 563. The van der Waals surface area contributed by atoms with E-state index >= 15 is 0 Å². The molecule has 1 heterocycles. The summed E-state index contributed by atoms with van der Waals surface area (Å²) in [6.07, 6.45) is 2.02. The molecule has 0 unspecified atom stereocenters. The highest BCUT2D eigenvalue weighted by Crippen LogP contribution is 2.13. The quantitative estimate of drug-likeness (QED) is 0.801. The number of likely N-dealkylation sites (tertiary alicyclic amines) is 1. The van der Waals surface area contributed by atoms with Crippen molar-refractivity contribution in [2.24, 2.45) is 5.73 Å². The van der Waals surface area contributed by atoms with Gasteiger partial charge in [-0.2, -0.15) is 0 Å². The van der Waals surface area contributed by atoms with E-state index in [-0.39, 0.29) is 11.9 Å². The molecule has 1 saturated heterocycles. The lowest BCUT2D eigenvalue weighted by Crippen LogP contribution is -2.43. The molecule has 0 spiro atoms. The van der Waals surface area contributed by atoms with Gasteiger partial charge in [0.25, 0.3) is 5.91 Å². The number of carbonyl (C=O) groups excluding carboxylic acids is 1. The standard InChI is InChI=1S/C17H23N3O/c1-13-5-6-14(4-3-9-18)12-16(13)17(21)19-15-7-10-20(2)11-8-15/h5-6,12,15H,7-11,18H2,1-2H3,(H,19,21). The van der Waals surface area contributed by atoms with E-state index in [9.17, 15) is 4.79 Å². The number of hydrogen-bond acceptors (Lipinski definition) is 3. The van der Waals surface area contributed by atoms with Crippen LogP contribution in [0.1, 0.15) is 34.3 Å². The number of carbonyl (C=O) groups is 1. The first kappa shape index (κ1) is 15.6. The van der Waals surface area contributed by atoms with Crippen molar-refractivity contribution in [3.63, 3.8) is 0 Å². The second kappa shape index (κ2) is 7.26. The molecule has 1 amide bonds. The number of nitrogens with one attached hydrogen (secondary N) is 1. The van der Waals surface area contributed by atoms with Gasteiger partial charge in [0.1, 0.15) is 0 Å². The number of nitrogens with zero attached hydrogens (tertiary/aromatic N) is 1. The molecule has 0 radical (unpaired) electrons. The maximum atomic E-state index is 12.4. The molecule has 0 atom stereocenters. The number of hydrogen-bond donors (Lipinski definition) is 2. The molecular weight excluding hydrogens is 262 g/mol. The highest BCUT2D eigenvalue weighted by Gasteiger charge is 2.19. The van der Waals surface area contributed by atoms with E-state index in [4.69, 9.17) is 5.73 Å². The Kier molecular flexibility index (Phi) is 5.38. The van der Waals surface area contributed by atoms with Gasteiger partial charge in [-0.15, -0.1) is 0 Å². The Balaban J connectivity index is 2.07. The van der Waals surface area contributed by atoms with Gasteiger partial charge in [0, 0.05) is 17.2 Å². The van der Waals surface area contributed by atoms with Crippen LogP contribution < -0.4 is 11.1 Å². The summed E-state index contributed by atoms with van der Waals surface area (Å²) in [5.74, 6) is 5.79. The van der Waals surface area contributed by atoms with Crippen LogP contribution in [-0.4, -0.2) is 43.5 Å². The molecule has 0 saturated carbocycles. The first-order chi connectivity index (χ1) is 10.1. The molecule has 0 aromatic heterocycles. The molecule has 0 bridgehead atoms. The van der Waals surface area contributed by atoms with Crippen LogP contribution in [0.4, 0.5) is 0 Å². The summed E-state index contributed by atoms with van der Waals surface area (Å²) in [6.45, 7) is 4.34. The lowest BCUT2D eigenvalue weighted by molar-refractivity contribution is 0.0916. The van der Waals surface area contributed by atoms with E-state index < -0.39 is 0 Å². The number of nitrogens with two attached hydrogens (primary N) is 1. The molecule has 2 rings (SSSR count). The Morgan fingerprint density at radius 3 is 2.81 bits per heavy atom. The first-order valence-corrected chi connectivity index (χ1v) is 7.39. The fourth-order valence-electron chi connectivity index (χ4n) is 2.51. The van der Waals surface area contributed by atoms with Crippen molar-refractivity contribution in [1.82, 2.24) is 10.2 Å². The van der Waals surface area contributed by atoms with E-state index in [0.717, 1.165) is 37.1 Å². The minimum Gasteiger partial charge on any atom is -0.349 e. The summed E-state index contributed by atoms with van der Waals surface area (Å²) < 4.78 is 0. The third-order valence-corrected chi connectivity index (χ3v) is 3.87. The third kappa shape index (κ3) is 4.32. The van der Waals surface area contributed by atoms with E-state index in [1.54, 1.807) is 0 Å². The zero-order valence-corrected chi connectivity index (χ0v) is 12.8. The second-order valence-corrected chi connectivity index (χ2v) is 5.59. The van der Waals surface area contributed by atoms with Gasteiger partial charge in [-0.05, 0) is 57.6 Å². The molecule has 4 heteroatoms. The highest BCUT2D eigenvalue weighted by molar-refractivity contribution is 5.96. The molecule has 21 heavy (non-hydrogen) atoms. The monoisotopic (exact) mass is 285 g/mol. The maximum absolute atomic E-state index is 12.4. The van der Waals surface area contributed by atoms with Crippen LogP contribution in [0.15, 0.2) is 18.2 Å². The SMILES string of the molecule is Cc1ccc(C#CCN)cc1C(=O)NC1CCN(C)CC1. The number of aryl methyl sites for hydroxylation is 1. The lowest BCUT2D eigenvalue weighted by Gasteiger charge is -2.29. The van der Waals surface area contributed by atoms with Gasteiger partial charge in [0.15, 0.2) is 0 Å². The fraction of sp³-hybridized carbons (Fsp3) is 0.471. The Morgan fingerprint density at radius 1 is 1.43 bits per heavy atom. The van der Waals surface area contributed by atoms with Crippen LogP contribution in [0.5, 0.6) is 0 Å². The summed E-state index contributed by atoms with van der Waals surface area (Å²) in [7, 11) is 2.11. The summed E-state index contributed by atoms with van der Waals surface area (Å²) in [4.78, 5) is 14.7. The summed E-state index contributed by atoms with van der Waals surface area (Å²) in [5.41, 5.74) is 7.89. The Labute approximate surface area is 126 Å². The normalized spacial score (nSPS) is 16.1. The van der Waals surface area contributed by atoms with Crippen LogP contribution in [0.3, 0.4) is 0 Å². The number of benzene rings is 1. The zero-order valence-electron chi connectivity index (χ0n) is 12.8. The highest BCUT2D eigenvalue weighted by atomic mass is 16.1. The summed E-state index contributed by atoms with van der Waals surface area (Å²) in [5, 5.41) is 3.14. The molecule has 4 nitrogen and oxygen atoms in total. The predicted molar refractivity (Wildman–Crippen MR) is 85.1 cm³/mol. The minimum absolute atomic E-state index is 0.00143. The first-order valence-electron chi connectivity index (χ1n) is 7.39. The van der Waals surface area contributed by atoms with Crippen LogP contribution >= 0.6 is 0 Å². The molecule has 112 valence electrons. The largest absolute Gasteiger partial charge is 0.349 e. The van der Waals surface area contributed by atoms with Gasteiger partial charge in [-0.25, -0.2) is 0 Å². The molecule has 1 fully saturated rings. The molecule has 1 aromatic carbocycles. The van der Waals surface area contributed by atoms with Crippen LogP contribution in [-0.2, 0) is 0 Å². The summed E-state index contributed by atoms with van der Waals surface area (Å²) in [6, 6.07) is 5.98. The van der Waals surface area contributed by atoms with E-state index in [0.29, 0.717) is 12.1 Å². The van der Waals surface area contributed by atoms with Crippen LogP contribution in [0.25, 0.3) is 0 Å². The van der Waals surface area contributed by atoms with Crippen molar-refractivity contribution in [1.29, 1.82) is 0 Å². The molecule has 1 aliphatic heterocycles. The summed E-state index contributed by atoms with van der Waals surface area (Å²) >= 11 is 0. The molecule has 1 aromatic rings. The smallest absolute Gasteiger partial charge is 0.251 e. The van der Waals surface area contributed by atoms with Crippen molar-refractivity contribution >= 4 is 5.91 Å². The Hall–Kier alpha value is -1.83. The van der Waals surface area contributed by atoms with Gasteiger partial charge in [0.2, 0.25) is 0 Å². The van der Waals surface area contributed by atoms with Crippen molar-refractivity contribution < 1.29 is 4.79 Å². The molecule has 0 aliphatic carbocycles. The number of rotatable bonds is 2. The predicted octanol–water partition coefficient (Wildman–Crippen LogP) is 1.13. The topological polar surface area (TPSA) is 58.4 Å². The van der Waals surface area contributed by atoms with Gasteiger partial charge in [-0.1, -0.05) is 17.9 Å². The van der Waals surface area contributed by atoms with E-state index in [1.165, 1.54) is 0 Å². The molecule has 1 aliphatic rings. The van der Waals surface area contributed by atoms with E-state index in [2.05, 4.69) is 29.1 Å². The van der Waals surface area contributed by atoms with Crippen molar-refractivity contribution in [3.8, 4) is 11.8 Å². The molecular formula is C17H23N3O. The lowest BCUT2D eigenvalue weighted by atomic mass is 10.0. The number of amides is 1. The average Bonchev–Trinajstić information content (AvgIpc) is 2.48. The maximum Gasteiger partial charge on any atom is 0.251 e. The zero-order chi connectivity index (χ0) is 15.2. The second-order valence-electron chi connectivity index (χ2n) is 5.59. The van der Waals surface area contributed by atoms with Crippen molar-refractivity contribution in [2.75, 3.05) is 26.7 Å². The van der Waals surface area contributed by atoms with Crippen LogP contribution in [0.2, 0.25) is 0 Å². The van der Waals surface area contributed by atoms with Crippen molar-refractivity contribution in [2.45, 2.75) is 25.8 Å².